The molecule has 0 unspecified atom stereocenters. The van der Waals surface area contributed by atoms with Crippen LogP contribution in [0.4, 0.5) is 0 Å². The second kappa shape index (κ2) is 8.65. The van der Waals surface area contributed by atoms with E-state index in [1.807, 2.05) is 32.1 Å². The van der Waals surface area contributed by atoms with Crippen LogP contribution in [0.25, 0.3) is 23.8 Å². The minimum Gasteiger partial charge on any atom is -0.142 e. The fourth-order valence-electron chi connectivity index (χ4n) is 2.74. The summed E-state index contributed by atoms with van der Waals surface area (Å²) in [5.74, 6) is 0. The zero-order valence-electron chi connectivity index (χ0n) is 14.1. The maximum absolute atomic E-state index is 4.73. The molecule has 22 heavy (non-hydrogen) atoms. The first kappa shape index (κ1) is 18.3. The summed E-state index contributed by atoms with van der Waals surface area (Å²) >= 11 is 4.73. The molecule has 116 valence electrons. The third-order valence-electron chi connectivity index (χ3n) is 3.65. The molecule has 0 amide bonds. The van der Waals surface area contributed by atoms with E-state index in [4.69, 9.17) is 12.6 Å². The van der Waals surface area contributed by atoms with E-state index < -0.39 is 0 Å². The molecule has 0 aliphatic heterocycles. The van der Waals surface area contributed by atoms with Crippen LogP contribution in [-0.2, 0) is 0 Å². The Morgan fingerprint density at radius 2 is 1.68 bits per heavy atom. The Bertz CT molecular complexity index is 655. The van der Waals surface area contributed by atoms with Gasteiger partial charge in [0.05, 0.1) is 0 Å². The van der Waals surface area contributed by atoms with Gasteiger partial charge in [-0.15, -0.1) is 12.6 Å². The Morgan fingerprint density at radius 3 is 2.14 bits per heavy atom. The summed E-state index contributed by atoms with van der Waals surface area (Å²) in [4.78, 5) is 0.959. The van der Waals surface area contributed by atoms with E-state index in [0.29, 0.717) is 0 Å². The van der Waals surface area contributed by atoms with Crippen LogP contribution in [0.3, 0.4) is 0 Å². The number of rotatable bonds is 6. The van der Waals surface area contributed by atoms with Crippen molar-refractivity contribution in [3.63, 3.8) is 0 Å². The van der Waals surface area contributed by atoms with Crippen LogP contribution in [0, 0.1) is 6.92 Å². The second-order valence-corrected chi connectivity index (χ2v) is 5.51. The summed E-state index contributed by atoms with van der Waals surface area (Å²) in [5, 5.41) is 0. The molecule has 1 aromatic rings. The van der Waals surface area contributed by atoms with Crippen LogP contribution >= 0.6 is 12.6 Å². The lowest BCUT2D eigenvalue weighted by Crippen LogP contribution is -2.01. The molecule has 0 spiro atoms. The highest BCUT2D eigenvalue weighted by molar-refractivity contribution is 7.80. The minimum atomic E-state index is 0.959. The highest BCUT2D eigenvalue weighted by Crippen LogP contribution is 2.37. The number of allylic oxidation sites excluding steroid dienone is 5. The molecule has 0 heterocycles. The van der Waals surface area contributed by atoms with Gasteiger partial charge in [-0.25, -0.2) is 0 Å². The monoisotopic (exact) mass is 310 g/mol. The molecule has 0 aliphatic carbocycles. The van der Waals surface area contributed by atoms with Gasteiger partial charge in [0, 0.05) is 4.90 Å². The average Bonchev–Trinajstić information content (AvgIpc) is 2.51. The minimum absolute atomic E-state index is 0.959. The van der Waals surface area contributed by atoms with E-state index in [9.17, 15) is 0 Å². The zero-order valence-corrected chi connectivity index (χ0v) is 15.0. The number of thiol groups is 1. The quantitative estimate of drug-likeness (QED) is 0.425. The number of hydrogen-bond donors (Lipinski definition) is 1. The SMILES string of the molecule is C=Cc1c(S)c(/C=C\C)c(C)c(C(/C=C\C)=C/CC)c1C=C. The van der Waals surface area contributed by atoms with Gasteiger partial charge in [0.25, 0.3) is 0 Å². The molecule has 0 atom stereocenters. The predicted octanol–water partition coefficient (Wildman–Crippen LogP) is 6.97. The highest BCUT2D eigenvalue weighted by Gasteiger charge is 2.17. The maximum Gasteiger partial charge on any atom is 0.0194 e. The summed E-state index contributed by atoms with van der Waals surface area (Å²) in [5.41, 5.74) is 6.95. The van der Waals surface area contributed by atoms with Crippen molar-refractivity contribution in [1.82, 2.24) is 0 Å². The van der Waals surface area contributed by atoms with Crippen LogP contribution in [0.1, 0.15) is 55.0 Å². The van der Waals surface area contributed by atoms with E-state index in [1.165, 1.54) is 16.7 Å². The van der Waals surface area contributed by atoms with Crippen LogP contribution in [0.15, 0.2) is 42.4 Å². The number of benzene rings is 1. The van der Waals surface area contributed by atoms with Gasteiger partial charge in [0.2, 0.25) is 0 Å². The number of hydrogen-bond acceptors (Lipinski definition) is 1. The Balaban J connectivity index is 3.97. The fourth-order valence-corrected chi connectivity index (χ4v) is 3.19. The van der Waals surface area contributed by atoms with Gasteiger partial charge in [-0.05, 0) is 60.6 Å². The first-order chi connectivity index (χ1) is 10.6. The molecule has 0 radical (unpaired) electrons. The van der Waals surface area contributed by atoms with E-state index in [0.717, 1.165) is 28.0 Å². The van der Waals surface area contributed by atoms with Crippen molar-refractivity contribution in [2.45, 2.75) is 39.0 Å². The van der Waals surface area contributed by atoms with E-state index in [-0.39, 0.29) is 0 Å². The second-order valence-electron chi connectivity index (χ2n) is 5.07. The van der Waals surface area contributed by atoms with Crippen molar-refractivity contribution < 1.29 is 0 Å². The first-order valence-electron chi connectivity index (χ1n) is 7.67. The molecule has 1 rings (SSSR count). The maximum atomic E-state index is 4.73. The van der Waals surface area contributed by atoms with Gasteiger partial charge in [-0.3, -0.25) is 0 Å². The van der Waals surface area contributed by atoms with E-state index in [2.05, 4.69) is 51.3 Å². The van der Waals surface area contributed by atoms with Crippen molar-refractivity contribution in [3.05, 3.63) is 65.3 Å². The topological polar surface area (TPSA) is 0 Å². The Kier molecular flexibility index (Phi) is 7.20. The van der Waals surface area contributed by atoms with Crippen molar-refractivity contribution in [3.8, 4) is 0 Å². The van der Waals surface area contributed by atoms with Gasteiger partial charge in [0.1, 0.15) is 0 Å². The van der Waals surface area contributed by atoms with Crippen LogP contribution in [0.5, 0.6) is 0 Å². The normalized spacial score (nSPS) is 12.3. The molecule has 0 saturated heterocycles. The summed E-state index contributed by atoms with van der Waals surface area (Å²) in [6.07, 6.45) is 15.4. The molecular formula is C21H26S. The van der Waals surface area contributed by atoms with Crippen LogP contribution in [-0.4, -0.2) is 0 Å². The third kappa shape index (κ3) is 3.53. The van der Waals surface area contributed by atoms with Crippen molar-refractivity contribution in [1.29, 1.82) is 0 Å². The van der Waals surface area contributed by atoms with Crippen molar-refractivity contribution in [2.75, 3.05) is 0 Å². The lowest BCUT2D eigenvalue weighted by Gasteiger charge is -2.20. The average molecular weight is 311 g/mol. The lowest BCUT2D eigenvalue weighted by molar-refractivity contribution is 1.22. The molecule has 0 fully saturated rings. The first-order valence-corrected chi connectivity index (χ1v) is 8.12. The Hall–Kier alpha value is -1.73. The molecule has 0 saturated carbocycles. The molecular weight excluding hydrogens is 284 g/mol. The van der Waals surface area contributed by atoms with E-state index in [1.54, 1.807) is 0 Å². The molecule has 0 bridgehead atoms. The third-order valence-corrected chi connectivity index (χ3v) is 4.13. The molecule has 1 aromatic carbocycles. The molecule has 0 nitrogen and oxygen atoms in total. The Labute approximate surface area is 141 Å². The highest BCUT2D eigenvalue weighted by atomic mass is 32.1. The van der Waals surface area contributed by atoms with Gasteiger partial charge in [0.15, 0.2) is 0 Å². The standard InChI is InChI=1S/C21H26S/c1-7-12-16(13-8-2)20-15(6)19(14-9-3)21(22)18(11-5)17(20)10-4/h7,9-14,22H,4-5,8H2,1-3,6H3/b12-7-,14-9-,16-13+. The van der Waals surface area contributed by atoms with Gasteiger partial charge in [-0.1, -0.05) is 62.6 Å². The fraction of sp³-hybridized carbons (Fsp3) is 0.238. The summed E-state index contributed by atoms with van der Waals surface area (Å²) in [6.45, 7) is 16.3. The molecule has 0 aliphatic rings. The zero-order chi connectivity index (χ0) is 16.7. The van der Waals surface area contributed by atoms with Gasteiger partial charge < -0.3 is 0 Å². The van der Waals surface area contributed by atoms with Crippen molar-refractivity contribution >= 4 is 36.4 Å². The van der Waals surface area contributed by atoms with Crippen molar-refractivity contribution in [2.24, 2.45) is 0 Å². The molecule has 0 aromatic heterocycles. The lowest BCUT2D eigenvalue weighted by atomic mass is 9.87. The van der Waals surface area contributed by atoms with Gasteiger partial charge in [-0.2, -0.15) is 0 Å². The molecule has 1 heteroatoms. The predicted molar refractivity (Wildman–Crippen MR) is 106 cm³/mol. The van der Waals surface area contributed by atoms with E-state index >= 15 is 0 Å². The van der Waals surface area contributed by atoms with Gasteiger partial charge >= 0.3 is 0 Å². The molecule has 0 N–H and O–H groups in total. The van der Waals surface area contributed by atoms with Crippen LogP contribution in [0.2, 0.25) is 0 Å². The Morgan fingerprint density at radius 1 is 1.05 bits per heavy atom. The summed E-state index contributed by atoms with van der Waals surface area (Å²) in [7, 11) is 0. The summed E-state index contributed by atoms with van der Waals surface area (Å²) in [6, 6.07) is 0. The van der Waals surface area contributed by atoms with Crippen LogP contribution < -0.4 is 0 Å². The smallest absolute Gasteiger partial charge is 0.0194 e. The largest absolute Gasteiger partial charge is 0.142 e. The summed E-state index contributed by atoms with van der Waals surface area (Å²) < 4.78 is 0.